The summed E-state index contributed by atoms with van der Waals surface area (Å²) >= 11 is 3.39. The molecule has 0 spiro atoms. The molecule has 160 valence electrons. The lowest BCUT2D eigenvalue weighted by Crippen LogP contribution is -2.19. The lowest BCUT2D eigenvalue weighted by atomic mass is 9.72. The molecule has 1 aliphatic rings. The Morgan fingerprint density at radius 1 is 1.13 bits per heavy atom. The van der Waals surface area contributed by atoms with Crippen molar-refractivity contribution in [1.82, 2.24) is 0 Å². The van der Waals surface area contributed by atoms with E-state index in [4.69, 9.17) is 4.74 Å². The van der Waals surface area contributed by atoms with E-state index in [0.717, 1.165) is 15.6 Å². The molecular weight excluding hydrogens is 436 g/mol. The van der Waals surface area contributed by atoms with Crippen molar-refractivity contribution in [3.05, 3.63) is 93.1 Å². The molecule has 0 bridgehead atoms. The van der Waals surface area contributed by atoms with Crippen molar-refractivity contribution in [3.8, 4) is 0 Å². The summed E-state index contributed by atoms with van der Waals surface area (Å²) in [7, 11) is 0. The number of ether oxygens (including phenoxy) is 1. The van der Waals surface area contributed by atoms with Crippen LogP contribution in [0.2, 0.25) is 0 Å². The van der Waals surface area contributed by atoms with Crippen LogP contribution in [0.25, 0.3) is 0 Å². The molecule has 0 heterocycles. The molecule has 0 N–H and O–H groups in total. The smallest absolute Gasteiger partial charge is 0.331 e. The van der Waals surface area contributed by atoms with Gasteiger partial charge in [-0.25, -0.2) is 4.79 Å². The first-order valence-electron chi connectivity index (χ1n) is 10.5. The Kier molecular flexibility index (Phi) is 9.10. The summed E-state index contributed by atoms with van der Waals surface area (Å²) in [6, 6.07) is 7.73. The Balaban J connectivity index is 1.89. The number of hydrogen-bond acceptors (Lipinski definition) is 2. The maximum atomic E-state index is 12.0. The number of esters is 1. The Bertz CT molecular complexity index is 893. The molecule has 0 unspecified atom stereocenters. The van der Waals surface area contributed by atoms with Gasteiger partial charge in [-0.2, -0.15) is 0 Å². The largest absolute Gasteiger partial charge is 0.458 e. The number of rotatable bonds is 7. The van der Waals surface area contributed by atoms with Gasteiger partial charge in [-0.3, -0.25) is 0 Å². The van der Waals surface area contributed by atoms with Gasteiger partial charge in [-0.05, 0) is 74.3 Å². The molecular formula is C27H33BrO2. The van der Waals surface area contributed by atoms with Crippen molar-refractivity contribution in [3.63, 3.8) is 0 Å². The van der Waals surface area contributed by atoms with Crippen LogP contribution in [-0.2, 0) is 16.1 Å². The van der Waals surface area contributed by atoms with E-state index in [2.05, 4.69) is 61.9 Å². The number of carbonyl (C=O) groups is 1. The van der Waals surface area contributed by atoms with Gasteiger partial charge in [-0.15, -0.1) is 0 Å². The van der Waals surface area contributed by atoms with Crippen LogP contribution >= 0.6 is 15.9 Å². The van der Waals surface area contributed by atoms with Gasteiger partial charge in [0.15, 0.2) is 0 Å². The predicted molar refractivity (Wildman–Crippen MR) is 130 cm³/mol. The van der Waals surface area contributed by atoms with Crippen LogP contribution in [-0.4, -0.2) is 5.97 Å². The molecule has 0 aromatic heterocycles. The lowest BCUT2D eigenvalue weighted by Gasteiger charge is -2.32. The number of allylic oxidation sites excluding steroid dienone is 9. The second-order valence-electron chi connectivity index (χ2n) is 8.66. The molecule has 0 saturated heterocycles. The van der Waals surface area contributed by atoms with Crippen LogP contribution < -0.4 is 0 Å². The number of carbonyl (C=O) groups excluding carboxylic acids is 1. The third-order valence-corrected chi connectivity index (χ3v) is 5.94. The topological polar surface area (TPSA) is 26.3 Å². The highest BCUT2D eigenvalue weighted by Gasteiger charge is 2.26. The van der Waals surface area contributed by atoms with Gasteiger partial charge in [0.1, 0.15) is 6.61 Å². The van der Waals surface area contributed by atoms with Crippen molar-refractivity contribution in [1.29, 1.82) is 0 Å². The summed E-state index contributed by atoms with van der Waals surface area (Å²) in [6.07, 6.45) is 15.7. The van der Waals surface area contributed by atoms with Crippen molar-refractivity contribution in [2.75, 3.05) is 0 Å². The van der Waals surface area contributed by atoms with Crippen LogP contribution in [0.5, 0.6) is 0 Å². The van der Waals surface area contributed by atoms with Gasteiger partial charge >= 0.3 is 5.97 Å². The minimum Gasteiger partial charge on any atom is -0.458 e. The fraction of sp³-hybridized carbons (Fsp3) is 0.370. The molecule has 0 amide bonds. The van der Waals surface area contributed by atoms with E-state index in [1.807, 2.05) is 43.3 Å². The average Bonchev–Trinajstić information content (AvgIpc) is 2.66. The highest BCUT2D eigenvalue weighted by atomic mass is 79.9. The highest BCUT2D eigenvalue weighted by molar-refractivity contribution is 9.10. The number of benzene rings is 1. The molecule has 2 nitrogen and oxygen atoms in total. The van der Waals surface area contributed by atoms with E-state index >= 15 is 0 Å². The fourth-order valence-electron chi connectivity index (χ4n) is 3.64. The lowest BCUT2D eigenvalue weighted by molar-refractivity contribution is -0.139. The van der Waals surface area contributed by atoms with Crippen LogP contribution in [0.3, 0.4) is 0 Å². The fourth-order valence-corrected chi connectivity index (χ4v) is 3.91. The maximum Gasteiger partial charge on any atom is 0.331 e. The Morgan fingerprint density at radius 3 is 2.50 bits per heavy atom. The van der Waals surface area contributed by atoms with Gasteiger partial charge in [0.25, 0.3) is 0 Å². The van der Waals surface area contributed by atoms with Crippen molar-refractivity contribution >= 4 is 21.9 Å². The van der Waals surface area contributed by atoms with Crippen LogP contribution in [0.4, 0.5) is 0 Å². The van der Waals surface area contributed by atoms with Crippen LogP contribution in [0, 0.1) is 5.41 Å². The Hall–Kier alpha value is -2.13. The minimum atomic E-state index is -0.331. The van der Waals surface area contributed by atoms with E-state index in [1.165, 1.54) is 42.1 Å². The first-order chi connectivity index (χ1) is 14.2. The van der Waals surface area contributed by atoms with Gasteiger partial charge < -0.3 is 4.74 Å². The standard InChI is InChI=1S/C27H33BrO2/c1-20(11-16-25-22(3)10-7-17-27(25,4)5)8-6-9-21(2)18-26(29)30-19-23-12-14-24(28)15-13-23/h6,8-9,11-16,18H,7,10,17,19H2,1-5H3/b9-6+,16-11+,20-8-,21-18+. The van der Waals surface area contributed by atoms with Gasteiger partial charge in [0, 0.05) is 10.5 Å². The summed E-state index contributed by atoms with van der Waals surface area (Å²) in [5.74, 6) is -0.331. The summed E-state index contributed by atoms with van der Waals surface area (Å²) < 4.78 is 6.31. The van der Waals surface area contributed by atoms with Gasteiger partial charge in [0.2, 0.25) is 0 Å². The molecule has 0 saturated carbocycles. The minimum absolute atomic E-state index is 0.255. The number of hydrogen-bond donors (Lipinski definition) is 0. The van der Waals surface area contributed by atoms with Crippen LogP contribution in [0.1, 0.15) is 59.4 Å². The highest BCUT2D eigenvalue weighted by Crippen LogP contribution is 2.40. The normalized spacial score (nSPS) is 17.8. The van der Waals surface area contributed by atoms with E-state index in [9.17, 15) is 4.79 Å². The summed E-state index contributed by atoms with van der Waals surface area (Å²) in [6.45, 7) is 11.2. The zero-order valence-electron chi connectivity index (χ0n) is 18.8. The van der Waals surface area contributed by atoms with Crippen molar-refractivity contribution in [2.45, 2.75) is 60.5 Å². The average molecular weight is 469 g/mol. The molecule has 30 heavy (non-hydrogen) atoms. The second kappa shape index (κ2) is 11.3. The van der Waals surface area contributed by atoms with Gasteiger partial charge in [0.05, 0.1) is 0 Å². The van der Waals surface area contributed by atoms with E-state index < -0.39 is 0 Å². The predicted octanol–water partition coefficient (Wildman–Crippen LogP) is 8.02. The second-order valence-corrected chi connectivity index (χ2v) is 9.57. The van der Waals surface area contributed by atoms with E-state index in [-0.39, 0.29) is 18.0 Å². The molecule has 1 aliphatic carbocycles. The van der Waals surface area contributed by atoms with Crippen molar-refractivity contribution in [2.24, 2.45) is 5.41 Å². The molecule has 0 fully saturated rings. The molecule has 0 aliphatic heterocycles. The SMILES string of the molecule is CC1=C(/C=C/C(C)=C\C=C\C(C)=C\C(=O)OCc2ccc(Br)cc2)C(C)(C)CCC1. The Labute approximate surface area is 190 Å². The zero-order valence-corrected chi connectivity index (χ0v) is 20.4. The van der Waals surface area contributed by atoms with E-state index in [1.54, 1.807) is 0 Å². The quantitative estimate of drug-likeness (QED) is 0.230. The summed E-state index contributed by atoms with van der Waals surface area (Å²) in [5, 5.41) is 0. The first kappa shape index (κ1) is 24.1. The molecule has 2 rings (SSSR count). The van der Waals surface area contributed by atoms with E-state index in [0.29, 0.717) is 0 Å². The van der Waals surface area contributed by atoms with Gasteiger partial charge in [-0.1, -0.05) is 83.4 Å². The first-order valence-corrected chi connectivity index (χ1v) is 11.3. The molecule has 0 atom stereocenters. The summed E-state index contributed by atoms with van der Waals surface area (Å²) in [5.41, 5.74) is 6.23. The molecule has 1 aromatic rings. The maximum absolute atomic E-state index is 12.0. The molecule has 0 radical (unpaired) electrons. The van der Waals surface area contributed by atoms with Crippen molar-refractivity contribution < 1.29 is 9.53 Å². The monoisotopic (exact) mass is 468 g/mol. The third-order valence-electron chi connectivity index (χ3n) is 5.41. The summed E-state index contributed by atoms with van der Waals surface area (Å²) in [4.78, 5) is 12.0. The molecule has 3 heteroatoms. The van der Waals surface area contributed by atoms with Crippen LogP contribution in [0.15, 0.2) is 87.5 Å². The zero-order chi connectivity index (χ0) is 22.1. The third kappa shape index (κ3) is 7.95. The number of halogens is 1. The Morgan fingerprint density at radius 2 is 1.83 bits per heavy atom. The molecule has 1 aromatic carbocycles.